The summed E-state index contributed by atoms with van der Waals surface area (Å²) in [4.78, 5) is 24.8. The summed E-state index contributed by atoms with van der Waals surface area (Å²) in [6.07, 6.45) is 5.14. The van der Waals surface area contributed by atoms with E-state index in [-0.39, 0.29) is 17.7 Å². The Balaban J connectivity index is 1.65. The quantitative estimate of drug-likeness (QED) is 0.814. The maximum Gasteiger partial charge on any atom is 0.273 e. The van der Waals surface area contributed by atoms with Gasteiger partial charge in [0.15, 0.2) is 0 Å². The normalized spacial score (nSPS) is 14.8. The minimum Gasteiger partial charge on any atom is -0.273 e. The predicted octanol–water partition coefficient (Wildman–Crippen LogP) is 3.20. The highest BCUT2D eigenvalue weighted by Crippen LogP contribution is 2.23. The molecule has 1 aromatic heterocycles. The standard InChI is InChI=1S/C21H28N4O2/c1-14-9-11-17(12-10-14)13-25-16(3)19(15(2)24-25)21(27)23-22-20(26)18-7-5-4-6-8-18/h9-12,18H,4-8,13H2,1-3H3,(H,22,26)(H,23,27). The van der Waals surface area contributed by atoms with Crippen LogP contribution in [0.25, 0.3) is 0 Å². The van der Waals surface area contributed by atoms with E-state index in [0.717, 1.165) is 36.9 Å². The molecule has 0 atom stereocenters. The summed E-state index contributed by atoms with van der Waals surface area (Å²) in [6, 6.07) is 8.26. The van der Waals surface area contributed by atoms with Gasteiger partial charge in [0.1, 0.15) is 0 Å². The molecule has 144 valence electrons. The Labute approximate surface area is 160 Å². The number of aryl methyl sites for hydroxylation is 2. The molecule has 0 radical (unpaired) electrons. The van der Waals surface area contributed by atoms with Crippen molar-refractivity contribution in [2.24, 2.45) is 5.92 Å². The fourth-order valence-electron chi connectivity index (χ4n) is 3.69. The molecule has 0 saturated heterocycles. The highest BCUT2D eigenvalue weighted by molar-refractivity contribution is 5.97. The number of nitrogens with one attached hydrogen (secondary N) is 2. The molecule has 1 aliphatic carbocycles. The average Bonchev–Trinajstić information content (AvgIpc) is 2.95. The third-order valence-corrected chi connectivity index (χ3v) is 5.34. The lowest BCUT2D eigenvalue weighted by atomic mass is 9.89. The SMILES string of the molecule is Cc1ccc(Cn2nc(C)c(C(=O)NNC(=O)C3CCCCC3)c2C)cc1. The van der Waals surface area contributed by atoms with Crippen molar-refractivity contribution >= 4 is 11.8 Å². The van der Waals surface area contributed by atoms with Gasteiger partial charge < -0.3 is 0 Å². The molecule has 2 amide bonds. The molecule has 2 N–H and O–H groups in total. The van der Waals surface area contributed by atoms with Gasteiger partial charge in [0.25, 0.3) is 5.91 Å². The Kier molecular flexibility index (Phi) is 5.94. The number of carbonyl (C=O) groups is 2. The monoisotopic (exact) mass is 368 g/mol. The third-order valence-electron chi connectivity index (χ3n) is 5.34. The molecule has 3 rings (SSSR count). The fourth-order valence-corrected chi connectivity index (χ4v) is 3.69. The van der Waals surface area contributed by atoms with Crippen molar-refractivity contribution in [3.05, 3.63) is 52.3 Å². The van der Waals surface area contributed by atoms with Crippen molar-refractivity contribution in [3.8, 4) is 0 Å². The minimum absolute atomic E-state index is 0.00510. The second-order valence-electron chi connectivity index (χ2n) is 7.47. The first-order chi connectivity index (χ1) is 13.0. The van der Waals surface area contributed by atoms with Crippen LogP contribution in [-0.4, -0.2) is 21.6 Å². The second-order valence-corrected chi connectivity index (χ2v) is 7.47. The van der Waals surface area contributed by atoms with Crippen LogP contribution in [0.15, 0.2) is 24.3 Å². The predicted molar refractivity (Wildman–Crippen MR) is 104 cm³/mol. The summed E-state index contributed by atoms with van der Waals surface area (Å²) in [5.74, 6) is -0.403. The van der Waals surface area contributed by atoms with Gasteiger partial charge in [-0.05, 0) is 39.2 Å². The number of carbonyl (C=O) groups excluding carboxylic acids is 2. The number of hydrazine groups is 1. The Hall–Kier alpha value is -2.63. The molecule has 6 nitrogen and oxygen atoms in total. The Bertz CT molecular complexity index is 817. The number of hydrogen-bond acceptors (Lipinski definition) is 3. The molecule has 1 saturated carbocycles. The zero-order valence-electron chi connectivity index (χ0n) is 16.3. The third kappa shape index (κ3) is 4.56. The van der Waals surface area contributed by atoms with Crippen molar-refractivity contribution in [1.82, 2.24) is 20.6 Å². The molecule has 1 fully saturated rings. The zero-order valence-corrected chi connectivity index (χ0v) is 16.3. The molecule has 0 spiro atoms. The van der Waals surface area contributed by atoms with Gasteiger partial charge >= 0.3 is 0 Å². The van der Waals surface area contributed by atoms with E-state index in [0.29, 0.717) is 17.8 Å². The fraction of sp³-hybridized carbons (Fsp3) is 0.476. The van der Waals surface area contributed by atoms with Gasteiger partial charge in [-0.2, -0.15) is 5.10 Å². The summed E-state index contributed by atoms with van der Waals surface area (Å²) in [5.41, 5.74) is 9.47. The van der Waals surface area contributed by atoms with Crippen LogP contribution in [0, 0.1) is 26.7 Å². The molecule has 2 aromatic rings. The van der Waals surface area contributed by atoms with E-state index in [1.807, 2.05) is 18.5 Å². The maximum absolute atomic E-state index is 12.6. The lowest BCUT2D eigenvalue weighted by Crippen LogP contribution is -2.45. The zero-order chi connectivity index (χ0) is 19.4. The Morgan fingerprint density at radius 2 is 1.70 bits per heavy atom. The smallest absolute Gasteiger partial charge is 0.273 e. The van der Waals surface area contributed by atoms with Gasteiger partial charge in [0.05, 0.1) is 17.8 Å². The van der Waals surface area contributed by atoms with Gasteiger partial charge in [-0.3, -0.25) is 25.1 Å². The van der Waals surface area contributed by atoms with E-state index < -0.39 is 0 Å². The Morgan fingerprint density at radius 1 is 1.04 bits per heavy atom. The lowest BCUT2D eigenvalue weighted by Gasteiger charge is -2.20. The number of hydrogen-bond donors (Lipinski definition) is 2. The lowest BCUT2D eigenvalue weighted by molar-refractivity contribution is -0.126. The first kappa shape index (κ1) is 19.1. The Morgan fingerprint density at radius 3 is 2.37 bits per heavy atom. The van der Waals surface area contributed by atoms with Crippen molar-refractivity contribution in [1.29, 1.82) is 0 Å². The van der Waals surface area contributed by atoms with Gasteiger partial charge in [-0.15, -0.1) is 0 Å². The van der Waals surface area contributed by atoms with E-state index >= 15 is 0 Å². The van der Waals surface area contributed by atoms with Crippen LogP contribution < -0.4 is 10.9 Å². The van der Waals surface area contributed by atoms with Crippen LogP contribution in [0.1, 0.15) is 65.0 Å². The van der Waals surface area contributed by atoms with Crippen molar-refractivity contribution in [2.75, 3.05) is 0 Å². The number of aromatic nitrogens is 2. The molecule has 1 aromatic carbocycles. The second kappa shape index (κ2) is 8.37. The molecule has 1 heterocycles. The van der Waals surface area contributed by atoms with E-state index in [1.54, 1.807) is 0 Å². The van der Waals surface area contributed by atoms with Crippen LogP contribution in [0.5, 0.6) is 0 Å². The van der Waals surface area contributed by atoms with Gasteiger partial charge in [0, 0.05) is 11.6 Å². The van der Waals surface area contributed by atoms with E-state index in [1.165, 1.54) is 12.0 Å². The number of rotatable bonds is 4. The van der Waals surface area contributed by atoms with Crippen LogP contribution in [0.4, 0.5) is 0 Å². The number of benzene rings is 1. The van der Waals surface area contributed by atoms with Gasteiger partial charge in [-0.25, -0.2) is 0 Å². The van der Waals surface area contributed by atoms with Crippen LogP contribution in [0.3, 0.4) is 0 Å². The topological polar surface area (TPSA) is 76.0 Å². The summed E-state index contributed by atoms with van der Waals surface area (Å²) in [6.45, 7) is 6.36. The summed E-state index contributed by atoms with van der Waals surface area (Å²) in [5, 5.41) is 4.51. The minimum atomic E-state index is -0.315. The molecule has 0 unspecified atom stereocenters. The number of nitrogens with zero attached hydrogens (tertiary/aromatic N) is 2. The highest BCUT2D eigenvalue weighted by atomic mass is 16.2. The molecular formula is C21H28N4O2. The van der Waals surface area contributed by atoms with Crippen molar-refractivity contribution < 1.29 is 9.59 Å². The highest BCUT2D eigenvalue weighted by Gasteiger charge is 2.23. The molecule has 6 heteroatoms. The van der Waals surface area contributed by atoms with E-state index in [2.05, 4.69) is 47.1 Å². The summed E-state index contributed by atoms with van der Waals surface area (Å²) >= 11 is 0. The summed E-state index contributed by atoms with van der Waals surface area (Å²) in [7, 11) is 0. The van der Waals surface area contributed by atoms with Crippen LogP contribution in [-0.2, 0) is 11.3 Å². The van der Waals surface area contributed by atoms with Crippen LogP contribution >= 0.6 is 0 Å². The van der Waals surface area contributed by atoms with Gasteiger partial charge in [-0.1, -0.05) is 49.1 Å². The van der Waals surface area contributed by atoms with E-state index in [4.69, 9.17) is 0 Å². The molecule has 0 bridgehead atoms. The first-order valence-electron chi connectivity index (χ1n) is 9.65. The molecule has 0 aliphatic heterocycles. The largest absolute Gasteiger partial charge is 0.273 e. The first-order valence-corrected chi connectivity index (χ1v) is 9.65. The molecule has 27 heavy (non-hydrogen) atoms. The molecular weight excluding hydrogens is 340 g/mol. The molecule has 1 aliphatic rings. The summed E-state index contributed by atoms with van der Waals surface area (Å²) < 4.78 is 1.83. The maximum atomic E-state index is 12.6. The van der Waals surface area contributed by atoms with Crippen molar-refractivity contribution in [2.45, 2.75) is 59.4 Å². The van der Waals surface area contributed by atoms with Crippen molar-refractivity contribution in [3.63, 3.8) is 0 Å². The average molecular weight is 368 g/mol. The number of amides is 2. The van der Waals surface area contributed by atoms with E-state index in [9.17, 15) is 9.59 Å². The van der Waals surface area contributed by atoms with Crippen LogP contribution in [0.2, 0.25) is 0 Å². The van der Waals surface area contributed by atoms with Gasteiger partial charge in [0.2, 0.25) is 5.91 Å².